The summed E-state index contributed by atoms with van der Waals surface area (Å²) in [7, 11) is 0. The third-order valence-electron chi connectivity index (χ3n) is 1.57. The van der Waals surface area contributed by atoms with E-state index in [1.54, 1.807) is 6.07 Å². The third-order valence-corrected chi connectivity index (χ3v) is 1.57. The Morgan fingerprint density at radius 1 is 1.33 bits per heavy atom. The van der Waals surface area contributed by atoms with E-state index in [9.17, 15) is 8.78 Å². The van der Waals surface area contributed by atoms with Crippen molar-refractivity contribution in [3.63, 3.8) is 0 Å². The molecule has 0 fully saturated rings. The van der Waals surface area contributed by atoms with Crippen molar-refractivity contribution in [2.45, 2.75) is 19.4 Å². The van der Waals surface area contributed by atoms with Crippen molar-refractivity contribution in [2.24, 2.45) is 0 Å². The number of hydrogen-bond acceptors (Lipinski definition) is 0. The first-order valence-electron chi connectivity index (χ1n) is 3.86. The van der Waals surface area contributed by atoms with E-state index in [0.29, 0.717) is 6.42 Å². The van der Waals surface area contributed by atoms with E-state index in [1.165, 1.54) is 6.07 Å². The van der Waals surface area contributed by atoms with E-state index in [2.05, 4.69) is 5.73 Å². The molecule has 1 rings (SSSR count). The number of quaternary nitrogens is 1. The lowest BCUT2D eigenvalue weighted by Crippen LogP contribution is -2.60. The van der Waals surface area contributed by atoms with Crippen molar-refractivity contribution in [3.8, 4) is 0 Å². The highest BCUT2D eigenvalue weighted by Gasteiger charge is 2.05. The Kier molecular flexibility index (Phi) is 2.76. The average Bonchev–Trinajstić information content (AvgIpc) is 1.96. The van der Waals surface area contributed by atoms with Crippen LogP contribution in [0.2, 0.25) is 0 Å². The molecule has 0 saturated heterocycles. The van der Waals surface area contributed by atoms with Crippen LogP contribution in [0.5, 0.6) is 0 Å². The smallest absolute Gasteiger partial charge is 0.159 e. The van der Waals surface area contributed by atoms with Gasteiger partial charge in [-0.15, -0.1) is 0 Å². The molecule has 1 atom stereocenters. The molecule has 12 heavy (non-hydrogen) atoms. The molecule has 0 heterocycles. The van der Waals surface area contributed by atoms with Crippen molar-refractivity contribution in [1.82, 2.24) is 0 Å². The lowest BCUT2D eigenvalue weighted by Gasteiger charge is -2.02. The zero-order valence-corrected chi connectivity index (χ0v) is 6.98. The van der Waals surface area contributed by atoms with E-state index >= 15 is 0 Å². The van der Waals surface area contributed by atoms with Gasteiger partial charge in [-0.05, 0) is 24.6 Å². The summed E-state index contributed by atoms with van der Waals surface area (Å²) in [5, 5.41) is 0. The van der Waals surface area contributed by atoms with Crippen LogP contribution in [0.25, 0.3) is 0 Å². The summed E-state index contributed by atoms with van der Waals surface area (Å²) in [4.78, 5) is 0. The lowest BCUT2D eigenvalue weighted by atomic mass is 10.1. The van der Waals surface area contributed by atoms with Gasteiger partial charge in [0.2, 0.25) is 0 Å². The van der Waals surface area contributed by atoms with Gasteiger partial charge in [0.1, 0.15) is 0 Å². The first-order chi connectivity index (χ1) is 5.59. The minimum atomic E-state index is -0.796. The second kappa shape index (κ2) is 3.63. The number of halogens is 2. The molecular formula is C9H12F2N+. The van der Waals surface area contributed by atoms with Gasteiger partial charge in [0.05, 0.1) is 6.04 Å². The van der Waals surface area contributed by atoms with Gasteiger partial charge in [-0.3, -0.25) is 0 Å². The molecule has 0 spiro atoms. The highest BCUT2D eigenvalue weighted by atomic mass is 19.2. The van der Waals surface area contributed by atoms with Crippen molar-refractivity contribution in [2.75, 3.05) is 0 Å². The topological polar surface area (TPSA) is 27.6 Å². The van der Waals surface area contributed by atoms with Crippen LogP contribution in [-0.2, 0) is 6.42 Å². The molecule has 0 aliphatic heterocycles. The Morgan fingerprint density at radius 2 is 2.00 bits per heavy atom. The van der Waals surface area contributed by atoms with Gasteiger partial charge >= 0.3 is 0 Å². The summed E-state index contributed by atoms with van der Waals surface area (Å²) < 4.78 is 25.1. The van der Waals surface area contributed by atoms with Crippen molar-refractivity contribution < 1.29 is 14.5 Å². The molecule has 0 aromatic heterocycles. The molecule has 66 valence electrons. The van der Waals surface area contributed by atoms with Crippen LogP contribution in [0.3, 0.4) is 0 Å². The maximum atomic E-state index is 12.6. The molecule has 0 amide bonds. The Hall–Kier alpha value is -0.960. The number of benzene rings is 1. The van der Waals surface area contributed by atoms with Crippen LogP contribution in [0.15, 0.2) is 18.2 Å². The van der Waals surface area contributed by atoms with Crippen molar-refractivity contribution in [1.29, 1.82) is 0 Å². The van der Waals surface area contributed by atoms with E-state index in [4.69, 9.17) is 0 Å². The van der Waals surface area contributed by atoms with Crippen LogP contribution in [0.1, 0.15) is 12.5 Å². The predicted molar refractivity (Wildman–Crippen MR) is 42.4 cm³/mol. The van der Waals surface area contributed by atoms with E-state index in [-0.39, 0.29) is 6.04 Å². The maximum absolute atomic E-state index is 12.6. The highest BCUT2D eigenvalue weighted by Crippen LogP contribution is 2.09. The Labute approximate surface area is 70.2 Å². The van der Waals surface area contributed by atoms with E-state index in [0.717, 1.165) is 11.6 Å². The molecule has 1 aromatic rings. The van der Waals surface area contributed by atoms with Crippen molar-refractivity contribution in [3.05, 3.63) is 35.4 Å². The Morgan fingerprint density at radius 3 is 2.50 bits per heavy atom. The largest absolute Gasteiger partial charge is 0.355 e. The van der Waals surface area contributed by atoms with Crippen molar-refractivity contribution >= 4 is 0 Å². The van der Waals surface area contributed by atoms with Crippen LogP contribution in [0, 0.1) is 11.6 Å². The minimum absolute atomic E-state index is 0.217. The van der Waals surface area contributed by atoms with Crippen LogP contribution in [-0.4, -0.2) is 6.04 Å². The fraction of sp³-hybridized carbons (Fsp3) is 0.333. The SMILES string of the molecule is CC([NH3+])Cc1ccc(F)c(F)c1. The summed E-state index contributed by atoms with van der Waals surface area (Å²) in [5.74, 6) is -1.58. The van der Waals surface area contributed by atoms with Gasteiger partial charge in [0.15, 0.2) is 11.6 Å². The van der Waals surface area contributed by atoms with Gasteiger partial charge in [0.25, 0.3) is 0 Å². The fourth-order valence-corrected chi connectivity index (χ4v) is 1.07. The first kappa shape index (κ1) is 9.13. The highest BCUT2D eigenvalue weighted by molar-refractivity contribution is 5.18. The van der Waals surface area contributed by atoms with E-state index < -0.39 is 11.6 Å². The minimum Gasteiger partial charge on any atom is -0.355 e. The molecule has 3 heteroatoms. The van der Waals surface area contributed by atoms with Gasteiger partial charge < -0.3 is 5.73 Å². The second-order valence-electron chi connectivity index (χ2n) is 3.06. The first-order valence-corrected chi connectivity index (χ1v) is 3.86. The molecular weight excluding hydrogens is 160 g/mol. The van der Waals surface area contributed by atoms with Gasteiger partial charge in [-0.1, -0.05) is 6.07 Å². The monoisotopic (exact) mass is 172 g/mol. The summed E-state index contributed by atoms with van der Waals surface area (Å²) in [6.07, 6.45) is 0.678. The zero-order chi connectivity index (χ0) is 9.14. The molecule has 0 bridgehead atoms. The third kappa shape index (κ3) is 2.27. The summed E-state index contributed by atoms with van der Waals surface area (Å²) in [6, 6.07) is 4.17. The summed E-state index contributed by atoms with van der Waals surface area (Å²) in [6.45, 7) is 1.93. The number of rotatable bonds is 2. The molecule has 0 saturated carbocycles. The molecule has 1 nitrogen and oxygen atoms in total. The standard InChI is InChI=1S/C9H11F2N/c1-6(12)4-7-2-3-8(10)9(11)5-7/h2-3,5-6H,4,12H2,1H3/p+1. The summed E-state index contributed by atoms with van der Waals surface area (Å²) in [5.41, 5.74) is 4.56. The fourth-order valence-electron chi connectivity index (χ4n) is 1.07. The number of hydrogen-bond donors (Lipinski definition) is 1. The van der Waals surface area contributed by atoms with Gasteiger partial charge in [-0.2, -0.15) is 0 Å². The normalized spacial score (nSPS) is 13.0. The molecule has 0 aliphatic rings. The summed E-state index contributed by atoms with van der Waals surface area (Å²) >= 11 is 0. The Bertz CT molecular complexity index is 271. The average molecular weight is 172 g/mol. The maximum Gasteiger partial charge on any atom is 0.159 e. The van der Waals surface area contributed by atoms with Crippen LogP contribution in [0.4, 0.5) is 8.78 Å². The van der Waals surface area contributed by atoms with Crippen LogP contribution >= 0.6 is 0 Å². The molecule has 1 aromatic carbocycles. The Balaban J connectivity index is 2.82. The molecule has 0 radical (unpaired) electrons. The molecule has 1 unspecified atom stereocenters. The molecule has 3 N–H and O–H groups in total. The van der Waals surface area contributed by atoms with Crippen LogP contribution < -0.4 is 5.73 Å². The quantitative estimate of drug-likeness (QED) is 0.692. The van der Waals surface area contributed by atoms with Gasteiger partial charge in [0, 0.05) is 6.42 Å². The van der Waals surface area contributed by atoms with Gasteiger partial charge in [-0.25, -0.2) is 8.78 Å². The predicted octanol–water partition coefficient (Wildman–Crippen LogP) is 1.14. The second-order valence-corrected chi connectivity index (χ2v) is 3.06. The molecule has 0 aliphatic carbocycles. The lowest BCUT2D eigenvalue weighted by molar-refractivity contribution is -0.413. The van der Waals surface area contributed by atoms with E-state index in [1.807, 2.05) is 6.92 Å². The zero-order valence-electron chi connectivity index (χ0n) is 6.98.